The molecular formula is C11H21N3O. The summed E-state index contributed by atoms with van der Waals surface area (Å²) in [6.45, 7) is 5.87. The molecule has 0 radical (unpaired) electrons. The average Bonchev–Trinajstić information content (AvgIpc) is 2.80. The zero-order valence-electron chi connectivity index (χ0n) is 9.62. The predicted molar refractivity (Wildman–Crippen MR) is 61.1 cm³/mol. The van der Waals surface area contributed by atoms with Crippen molar-refractivity contribution < 1.29 is 4.74 Å². The molecule has 0 spiro atoms. The Morgan fingerprint density at radius 1 is 1.40 bits per heavy atom. The van der Waals surface area contributed by atoms with Gasteiger partial charge in [-0.05, 0) is 33.1 Å². The van der Waals surface area contributed by atoms with E-state index < -0.39 is 0 Å². The number of ether oxygens (including phenoxy) is 1. The van der Waals surface area contributed by atoms with Crippen molar-refractivity contribution >= 4 is 5.96 Å². The number of hydrogen-bond acceptors (Lipinski definition) is 2. The Kier molecular flexibility index (Phi) is 3.46. The van der Waals surface area contributed by atoms with E-state index in [1.54, 1.807) is 0 Å². The fourth-order valence-electron chi connectivity index (χ4n) is 2.44. The highest BCUT2D eigenvalue weighted by molar-refractivity contribution is 5.80. The van der Waals surface area contributed by atoms with Gasteiger partial charge < -0.3 is 15.4 Å². The minimum absolute atomic E-state index is 0.413. The van der Waals surface area contributed by atoms with Gasteiger partial charge in [-0.25, -0.2) is 0 Å². The molecule has 2 saturated heterocycles. The molecule has 3 atom stereocenters. The second kappa shape index (κ2) is 4.84. The van der Waals surface area contributed by atoms with Gasteiger partial charge in [0.25, 0.3) is 0 Å². The third kappa shape index (κ3) is 2.43. The topological polar surface area (TPSA) is 45.7 Å². The normalized spacial score (nSPS) is 34.5. The van der Waals surface area contributed by atoms with Gasteiger partial charge in [0.1, 0.15) is 0 Å². The molecule has 0 aromatic rings. The summed E-state index contributed by atoms with van der Waals surface area (Å²) in [7, 11) is 0. The second-order valence-electron chi connectivity index (χ2n) is 4.21. The summed E-state index contributed by atoms with van der Waals surface area (Å²) in [5, 5.41) is 6.72. The van der Waals surface area contributed by atoms with Crippen molar-refractivity contribution in [2.75, 3.05) is 13.1 Å². The molecule has 0 amide bonds. The molecule has 0 saturated carbocycles. The van der Waals surface area contributed by atoms with Gasteiger partial charge in [-0.2, -0.15) is 0 Å². The molecule has 0 aromatic carbocycles. The van der Waals surface area contributed by atoms with E-state index in [1.807, 2.05) is 0 Å². The van der Waals surface area contributed by atoms with Gasteiger partial charge in [0.15, 0.2) is 5.96 Å². The molecule has 2 heterocycles. The van der Waals surface area contributed by atoms with E-state index in [4.69, 9.17) is 4.74 Å². The molecule has 0 aliphatic carbocycles. The van der Waals surface area contributed by atoms with Gasteiger partial charge in [0.05, 0.1) is 18.2 Å². The molecule has 3 unspecified atom stereocenters. The number of fused-ring (bicyclic) bond motifs is 2. The molecule has 2 bridgehead atoms. The van der Waals surface area contributed by atoms with Crippen LogP contribution >= 0.6 is 0 Å². The Morgan fingerprint density at radius 2 is 2.27 bits per heavy atom. The maximum absolute atomic E-state index is 5.80. The van der Waals surface area contributed by atoms with E-state index >= 15 is 0 Å². The van der Waals surface area contributed by atoms with E-state index in [9.17, 15) is 0 Å². The predicted octanol–water partition coefficient (Wildman–Crippen LogP) is 0.881. The highest BCUT2D eigenvalue weighted by Gasteiger charge is 2.40. The van der Waals surface area contributed by atoms with E-state index in [-0.39, 0.29) is 0 Å². The number of nitrogens with zero attached hydrogens (tertiary/aromatic N) is 1. The van der Waals surface area contributed by atoms with Gasteiger partial charge >= 0.3 is 0 Å². The van der Waals surface area contributed by atoms with E-state index in [1.165, 1.54) is 12.8 Å². The van der Waals surface area contributed by atoms with Crippen molar-refractivity contribution in [1.82, 2.24) is 10.6 Å². The Labute approximate surface area is 91.5 Å². The molecule has 4 heteroatoms. The molecular weight excluding hydrogens is 190 g/mol. The second-order valence-corrected chi connectivity index (χ2v) is 4.21. The first-order valence-corrected chi connectivity index (χ1v) is 6.03. The lowest BCUT2D eigenvalue weighted by molar-refractivity contribution is 0.0992. The summed E-state index contributed by atoms with van der Waals surface area (Å²) in [6.07, 6.45) is 4.49. The van der Waals surface area contributed by atoms with Gasteiger partial charge in [0, 0.05) is 13.1 Å². The van der Waals surface area contributed by atoms with Crippen LogP contribution in [0.4, 0.5) is 0 Å². The van der Waals surface area contributed by atoms with Crippen LogP contribution in [0.1, 0.15) is 33.1 Å². The van der Waals surface area contributed by atoms with Crippen LogP contribution in [0.3, 0.4) is 0 Å². The van der Waals surface area contributed by atoms with Gasteiger partial charge in [-0.15, -0.1) is 0 Å². The standard InChI is InChI=1S/C11H21N3O/c1-3-12-11(13-4-2)14-9-7-8-5-6-10(9)15-8/h8-10H,3-7H2,1-2H3,(H2,12,13,14). The zero-order valence-corrected chi connectivity index (χ0v) is 9.62. The van der Waals surface area contributed by atoms with Gasteiger partial charge in [-0.3, -0.25) is 4.99 Å². The van der Waals surface area contributed by atoms with Gasteiger partial charge in [-0.1, -0.05) is 0 Å². The number of nitrogens with one attached hydrogen (secondary N) is 2. The Bertz CT molecular complexity index is 242. The molecule has 2 rings (SSSR count). The molecule has 0 aromatic heterocycles. The number of guanidine groups is 1. The fourth-order valence-corrected chi connectivity index (χ4v) is 2.44. The lowest BCUT2D eigenvalue weighted by Gasteiger charge is -2.22. The van der Waals surface area contributed by atoms with Crippen LogP contribution in [0.15, 0.2) is 4.99 Å². The number of rotatable bonds is 3. The minimum atomic E-state index is 0.413. The summed E-state index contributed by atoms with van der Waals surface area (Å²) in [6, 6.07) is 0.466. The van der Waals surface area contributed by atoms with Crippen LogP contribution in [-0.4, -0.2) is 37.3 Å². The third-order valence-corrected chi connectivity index (χ3v) is 3.09. The van der Waals surface area contributed by atoms with Crippen molar-refractivity contribution in [1.29, 1.82) is 0 Å². The van der Waals surface area contributed by atoms with Crippen LogP contribution < -0.4 is 10.6 Å². The summed E-state index contributed by atoms with van der Waals surface area (Å²) in [5.41, 5.74) is 0. The lowest BCUT2D eigenvalue weighted by Crippen LogP contribution is -2.47. The van der Waals surface area contributed by atoms with Crippen LogP contribution in [0.2, 0.25) is 0 Å². The highest BCUT2D eigenvalue weighted by Crippen LogP contribution is 2.34. The maximum atomic E-state index is 5.80. The Balaban J connectivity index is 1.87. The van der Waals surface area contributed by atoms with Gasteiger partial charge in [0.2, 0.25) is 0 Å². The molecule has 2 aliphatic rings. The molecule has 4 nitrogen and oxygen atoms in total. The number of aliphatic imine (C=N–C) groups is 1. The molecule has 2 fully saturated rings. The van der Waals surface area contributed by atoms with Crippen molar-refractivity contribution in [2.45, 2.75) is 51.4 Å². The average molecular weight is 211 g/mol. The van der Waals surface area contributed by atoms with Crippen molar-refractivity contribution in [2.24, 2.45) is 4.99 Å². The van der Waals surface area contributed by atoms with E-state index in [2.05, 4.69) is 29.5 Å². The Morgan fingerprint density at radius 3 is 2.80 bits per heavy atom. The summed E-state index contributed by atoms with van der Waals surface area (Å²) in [4.78, 5) is 4.40. The van der Waals surface area contributed by atoms with Crippen molar-refractivity contribution in [3.8, 4) is 0 Å². The first-order chi connectivity index (χ1) is 7.33. The molecule has 86 valence electrons. The van der Waals surface area contributed by atoms with E-state index in [0.717, 1.165) is 25.5 Å². The minimum Gasteiger partial charge on any atom is -0.373 e. The Hall–Kier alpha value is -0.770. The van der Waals surface area contributed by atoms with Crippen LogP contribution in [0, 0.1) is 0 Å². The lowest BCUT2D eigenvalue weighted by atomic mass is 9.96. The van der Waals surface area contributed by atoms with Crippen LogP contribution in [-0.2, 0) is 4.74 Å². The SMILES string of the molecule is CCN=C(NCC)NC1CC2CCC1O2. The highest BCUT2D eigenvalue weighted by atomic mass is 16.5. The summed E-state index contributed by atoms with van der Waals surface area (Å²) in [5.74, 6) is 0.932. The summed E-state index contributed by atoms with van der Waals surface area (Å²) < 4.78 is 5.80. The molecule has 15 heavy (non-hydrogen) atoms. The first kappa shape index (κ1) is 10.7. The third-order valence-electron chi connectivity index (χ3n) is 3.09. The summed E-state index contributed by atoms with van der Waals surface area (Å²) >= 11 is 0. The quantitative estimate of drug-likeness (QED) is 0.538. The molecule has 2 N–H and O–H groups in total. The van der Waals surface area contributed by atoms with E-state index in [0.29, 0.717) is 18.2 Å². The first-order valence-electron chi connectivity index (χ1n) is 6.03. The smallest absolute Gasteiger partial charge is 0.191 e. The molecule has 2 aliphatic heterocycles. The maximum Gasteiger partial charge on any atom is 0.191 e. The largest absolute Gasteiger partial charge is 0.373 e. The zero-order chi connectivity index (χ0) is 10.7. The van der Waals surface area contributed by atoms with Crippen molar-refractivity contribution in [3.63, 3.8) is 0 Å². The monoisotopic (exact) mass is 211 g/mol. The number of hydrogen-bond donors (Lipinski definition) is 2. The van der Waals surface area contributed by atoms with Crippen molar-refractivity contribution in [3.05, 3.63) is 0 Å². The van der Waals surface area contributed by atoms with Crippen LogP contribution in [0.5, 0.6) is 0 Å². The van der Waals surface area contributed by atoms with Crippen LogP contribution in [0.25, 0.3) is 0 Å². The fraction of sp³-hybridized carbons (Fsp3) is 0.909.